The maximum absolute atomic E-state index is 4.25. The summed E-state index contributed by atoms with van der Waals surface area (Å²) in [7, 11) is 0. The van der Waals surface area contributed by atoms with Crippen LogP contribution in [0.15, 0.2) is 48.4 Å². The van der Waals surface area contributed by atoms with Crippen LogP contribution in [0.5, 0.6) is 0 Å². The maximum atomic E-state index is 4.25. The van der Waals surface area contributed by atoms with Crippen LogP contribution in [-0.2, 0) is 6.54 Å². The third-order valence-corrected chi connectivity index (χ3v) is 3.71. The van der Waals surface area contributed by atoms with Gasteiger partial charge in [0.25, 0.3) is 0 Å². The van der Waals surface area contributed by atoms with E-state index in [2.05, 4.69) is 40.5 Å². The van der Waals surface area contributed by atoms with E-state index < -0.39 is 0 Å². The zero-order chi connectivity index (χ0) is 13.1. The van der Waals surface area contributed by atoms with Crippen LogP contribution in [-0.4, -0.2) is 14.8 Å². The molecule has 0 amide bonds. The second kappa shape index (κ2) is 5.24. The van der Waals surface area contributed by atoms with Gasteiger partial charge < -0.3 is 5.32 Å². The molecular weight excluding hydrogens is 256 g/mol. The highest BCUT2D eigenvalue weighted by molar-refractivity contribution is 7.09. The van der Waals surface area contributed by atoms with Crippen molar-refractivity contribution in [3.8, 4) is 5.69 Å². The van der Waals surface area contributed by atoms with Gasteiger partial charge in [-0.25, -0.2) is 4.68 Å². The quantitative estimate of drug-likeness (QED) is 0.791. The van der Waals surface area contributed by atoms with Crippen molar-refractivity contribution < 1.29 is 0 Å². The Labute approximate surface area is 115 Å². The van der Waals surface area contributed by atoms with Crippen LogP contribution in [0.4, 0.5) is 5.69 Å². The molecule has 0 aliphatic heterocycles. The molecule has 0 saturated heterocycles. The molecule has 1 N–H and O–H groups in total. The Kier molecular flexibility index (Phi) is 3.29. The maximum Gasteiger partial charge on any atom is 0.0794 e. The van der Waals surface area contributed by atoms with E-state index in [9.17, 15) is 0 Å². The molecule has 19 heavy (non-hydrogen) atoms. The molecule has 0 atom stereocenters. The highest BCUT2D eigenvalue weighted by Crippen LogP contribution is 2.20. The first-order valence-electron chi connectivity index (χ1n) is 6.05. The highest BCUT2D eigenvalue weighted by atomic mass is 32.1. The van der Waals surface area contributed by atoms with Gasteiger partial charge in [-0.2, -0.15) is 5.10 Å². The Morgan fingerprint density at radius 1 is 1.37 bits per heavy atom. The number of nitrogens with zero attached hydrogens (tertiary/aromatic N) is 3. The normalized spacial score (nSPS) is 10.6. The van der Waals surface area contributed by atoms with Gasteiger partial charge in [0, 0.05) is 29.2 Å². The fourth-order valence-electron chi connectivity index (χ4n) is 1.88. The molecule has 0 bridgehead atoms. The molecule has 0 aliphatic carbocycles. The van der Waals surface area contributed by atoms with Gasteiger partial charge in [0.15, 0.2) is 0 Å². The fourth-order valence-corrected chi connectivity index (χ4v) is 2.41. The minimum atomic E-state index is 0.800. The molecule has 3 aromatic rings. The monoisotopic (exact) mass is 270 g/mol. The predicted molar refractivity (Wildman–Crippen MR) is 77.7 cm³/mol. The minimum absolute atomic E-state index is 0.800. The number of benzene rings is 1. The van der Waals surface area contributed by atoms with E-state index in [0.29, 0.717) is 0 Å². The average molecular weight is 270 g/mol. The standard InChI is InChI=1S/C14H14N4S/c1-11-3-4-12(18-6-2-5-17-18)7-14(11)16-9-13-8-15-10-19-13/h2-8,10,16H,9H2,1H3. The van der Waals surface area contributed by atoms with E-state index >= 15 is 0 Å². The molecule has 96 valence electrons. The van der Waals surface area contributed by atoms with Gasteiger partial charge in [-0.1, -0.05) is 6.07 Å². The SMILES string of the molecule is Cc1ccc(-n2cccn2)cc1NCc1cncs1. The Bertz CT molecular complexity index is 644. The molecule has 5 heteroatoms. The number of aromatic nitrogens is 3. The Morgan fingerprint density at radius 2 is 2.32 bits per heavy atom. The average Bonchev–Trinajstić information content (AvgIpc) is 3.11. The fraction of sp³-hybridized carbons (Fsp3) is 0.143. The van der Waals surface area contributed by atoms with Gasteiger partial charge in [-0.15, -0.1) is 11.3 Å². The summed E-state index contributed by atoms with van der Waals surface area (Å²) in [5.74, 6) is 0. The number of hydrogen-bond donors (Lipinski definition) is 1. The van der Waals surface area contributed by atoms with E-state index in [1.807, 2.05) is 28.7 Å². The topological polar surface area (TPSA) is 42.7 Å². The number of rotatable bonds is 4. The van der Waals surface area contributed by atoms with E-state index in [1.165, 1.54) is 10.4 Å². The summed E-state index contributed by atoms with van der Waals surface area (Å²) in [6, 6.07) is 8.21. The summed E-state index contributed by atoms with van der Waals surface area (Å²) in [6.07, 6.45) is 5.62. The Balaban J connectivity index is 1.82. The first kappa shape index (κ1) is 11.9. The molecule has 0 fully saturated rings. The Hall–Kier alpha value is -2.14. The smallest absolute Gasteiger partial charge is 0.0794 e. The van der Waals surface area contributed by atoms with Crippen LogP contribution in [0.1, 0.15) is 10.4 Å². The Morgan fingerprint density at radius 3 is 3.05 bits per heavy atom. The molecule has 4 nitrogen and oxygen atoms in total. The van der Waals surface area contributed by atoms with Crippen LogP contribution < -0.4 is 5.32 Å². The number of thiazole rings is 1. The summed E-state index contributed by atoms with van der Waals surface area (Å²) >= 11 is 1.66. The molecule has 0 aliphatic rings. The van der Waals surface area contributed by atoms with E-state index in [-0.39, 0.29) is 0 Å². The summed E-state index contributed by atoms with van der Waals surface area (Å²) in [5.41, 5.74) is 5.26. The number of hydrogen-bond acceptors (Lipinski definition) is 4. The third-order valence-electron chi connectivity index (χ3n) is 2.93. The van der Waals surface area contributed by atoms with Crippen LogP contribution in [0.25, 0.3) is 5.69 Å². The lowest BCUT2D eigenvalue weighted by Gasteiger charge is -2.11. The van der Waals surface area contributed by atoms with Crippen molar-refractivity contribution in [3.05, 3.63) is 58.8 Å². The lowest BCUT2D eigenvalue weighted by atomic mass is 10.2. The second-order valence-corrected chi connectivity index (χ2v) is 5.24. The molecule has 0 spiro atoms. The van der Waals surface area contributed by atoms with Crippen LogP contribution in [0.3, 0.4) is 0 Å². The van der Waals surface area contributed by atoms with Crippen molar-refractivity contribution in [3.63, 3.8) is 0 Å². The van der Waals surface area contributed by atoms with Crippen molar-refractivity contribution in [1.82, 2.24) is 14.8 Å². The summed E-state index contributed by atoms with van der Waals surface area (Å²) in [6.45, 7) is 2.90. The molecule has 1 aromatic carbocycles. The first-order valence-corrected chi connectivity index (χ1v) is 6.93. The van der Waals surface area contributed by atoms with Crippen molar-refractivity contribution in [2.75, 3.05) is 5.32 Å². The second-order valence-electron chi connectivity index (χ2n) is 4.27. The van der Waals surface area contributed by atoms with Gasteiger partial charge in [0.1, 0.15) is 0 Å². The molecule has 0 radical (unpaired) electrons. The van der Waals surface area contributed by atoms with E-state index in [0.717, 1.165) is 17.9 Å². The lowest BCUT2D eigenvalue weighted by molar-refractivity contribution is 0.880. The van der Waals surface area contributed by atoms with E-state index in [4.69, 9.17) is 0 Å². The van der Waals surface area contributed by atoms with Gasteiger partial charge in [0.2, 0.25) is 0 Å². The summed E-state index contributed by atoms with van der Waals surface area (Å²) in [4.78, 5) is 5.31. The number of aryl methyl sites for hydroxylation is 1. The van der Waals surface area contributed by atoms with Crippen LogP contribution in [0.2, 0.25) is 0 Å². The van der Waals surface area contributed by atoms with Gasteiger partial charge in [-0.3, -0.25) is 4.98 Å². The summed E-state index contributed by atoms with van der Waals surface area (Å²) < 4.78 is 1.86. The zero-order valence-electron chi connectivity index (χ0n) is 10.6. The molecule has 3 rings (SSSR count). The predicted octanol–water partition coefficient (Wildman–Crippen LogP) is 3.25. The van der Waals surface area contributed by atoms with Crippen molar-refractivity contribution in [1.29, 1.82) is 0 Å². The lowest BCUT2D eigenvalue weighted by Crippen LogP contribution is -2.02. The van der Waals surface area contributed by atoms with Crippen molar-refractivity contribution in [2.45, 2.75) is 13.5 Å². The molecular formula is C14H14N4S. The first-order chi connectivity index (χ1) is 9.33. The van der Waals surface area contributed by atoms with Crippen LogP contribution in [0, 0.1) is 6.92 Å². The number of anilines is 1. The van der Waals surface area contributed by atoms with Gasteiger partial charge >= 0.3 is 0 Å². The zero-order valence-corrected chi connectivity index (χ0v) is 11.4. The summed E-state index contributed by atoms with van der Waals surface area (Å²) in [5, 5.41) is 7.70. The van der Waals surface area contributed by atoms with Crippen LogP contribution >= 0.6 is 11.3 Å². The molecule has 2 aromatic heterocycles. The molecule has 2 heterocycles. The van der Waals surface area contributed by atoms with Crippen molar-refractivity contribution in [2.24, 2.45) is 0 Å². The number of nitrogens with one attached hydrogen (secondary N) is 1. The van der Waals surface area contributed by atoms with Gasteiger partial charge in [0.05, 0.1) is 17.7 Å². The highest BCUT2D eigenvalue weighted by Gasteiger charge is 2.03. The van der Waals surface area contributed by atoms with E-state index in [1.54, 1.807) is 17.5 Å². The van der Waals surface area contributed by atoms with Gasteiger partial charge in [-0.05, 0) is 30.7 Å². The minimum Gasteiger partial charge on any atom is -0.380 e. The largest absolute Gasteiger partial charge is 0.380 e. The third kappa shape index (κ3) is 2.66. The van der Waals surface area contributed by atoms with Crippen molar-refractivity contribution >= 4 is 17.0 Å². The molecule has 0 saturated carbocycles. The molecule has 0 unspecified atom stereocenters.